The quantitative estimate of drug-likeness (QED) is 0.196. The number of aromatic nitrogens is 2. The van der Waals surface area contributed by atoms with Crippen LogP contribution in [0.3, 0.4) is 0 Å². The third kappa shape index (κ3) is 3.82. The highest BCUT2D eigenvalue weighted by atomic mass is 14.8. The van der Waals surface area contributed by atoms with E-state index in [1.54, 1.807) is 0 Å². The van der Waals surface area contributed by atoms with Crippen molar-refractivity contribution in [1.29, 1.82) is 0 Å². The molecule has 0 aliphatic heterocycles. The Morgan fingerprint density at radius 1 is 0.444 bits per heavy atom. The SMILES string of the molecule is CC1(C)c2c(ccc3cc(-c4ccccc4-c4cccc(-c5ccccn5)n4)ccc23)-c2c1c1ccccc1c1ccccc21. The second kappa shape index (κ2) is 9.70. The van der Waals surface area contributed by atoms with Crippen LogP contribution in [0.1, 0.15) is 25.0 Å². The van der Waals surface area contributed by atoms with Crippen LogP contribution in [-0.4, -0.2) is 9.97 Å². The van der Waals surface area contributed by atoms with E-state index in [1.807, 2.05) is 30.5 Å². The van der Waals surface area contributed by atoms with E-state index in [2.05, 4.69) is 134 Å². The van der Waals surface area contributed by atoms with Gasteiger partial charge in [0.2, 0.25) is 0 Å². The Labute approximate surface area is 262 Å². The molecular weight excluding hydrogens is 544 g/mol. The molecule has 0 bridgehead atoms. The molecule has 1 aliphatic rings. The molecule has 212 valence electrons. The van der Waals surface area contributed by atoms with E-state index in [4.69, 9.17) is 4.98 Å². The van der Waals surface area contributed by atoms with Crippen molar-refractivity contribution in [3.63, 3.8) is 0 Å². The number of fused-ring (bicyclic) bond motifs is 10. The molecule has 0 saturated carbocycles. The minimum Gasteiger partial charge on any atom is -0.255 e. The number of hydrogen-bond donors (Lipinski definition) is 0. The second-order valence-corrected chi connectivity index (χ2v) is 12.6. The molecular formula is C43H30N2. The molecule has 0 fully saturated rings. The summed E-state index contributed by atoms with van der Waals surface area (Å²) in [5, 5.41) is 7.92. The first-order valence-corrected chi connectivity index (χ1v) is 15.6. The average Bonchev–Trinajstić information content (AvgIpc) is 3.35. The largest absolute Gasteiger partial charge is 0.255 e. The molecule has 45 heavy (non-hydrogen) atoms. The maximum Gasteiger partial charge on any atom is 0.0893 e. The predicted octanol–water partition coefficient (Wildman–Crippen LogP) is 11.2. The van der Waals surface area contributed by atoms with Gasteiger partial charge in [-0.15, -0.1) is 0 Å². The molecule has 0 saturated heterocycles. The van der Waals surface area contributed by atoms with Crippen LogP contribution in [0.4, 0.5) is 0 Å². The number of rotatable bonds is 3. The Bertz CT molecular complexity index is 2450. The fourth-order valence-corrected chi connectivity index (χ4v) is 7.77. The summed E-state index contributed by atoms with van der Waals surface area (Å²) in [4.78, 5) is 9.56. The van der Waals surface area contributed by atoms with Crippen molar-refractivity contribution < 1.29 is 0 Å². The summed E-state index contributed by atoms with van der Waals surface area (Å²) >= 11 is 0. The highest BCUT2D eigenvalue weighted by molar-refractivity contribution is 6.19. The van der Waals surface area contributed by atoms with Crippen molar-refractivity contribution in [3.8, 4) is 44.9 Å². The number of benzene rings is 6. The molecule has 0 spiro atoms. The van der Waals surface area contributed by atoms with E-state index in [0.29, 0.717) is 0 Å². The van der Waals surface area contributed by atoms with Gasteiger partial charge >= 0.3 is 0 Å². The van der Waals surface area contributed by atoms with Gasteiger partial charge in [0.25, 0.3) is 0 Å². The zero-order valence-corrected chi connectivity index (χ0v) is 25.3. The molecule has 9 rings (SSSR count). The van der Waals surface area contributed by atoms with Crippen molar-refractivity contribution in [2.75, 3.05) is 0 Å². The van der Waals surface area contributed by atoms with E-state index in [9.17, 15) is 0 Å². The highest BCUT2D eigenvalue weighted by Crippen LogP contribution is 2.56. The molecule has 0 N–H and O–H groups in total. The van der Waals surface area contributed by atoms with Crippen molar-refractivity contribution in [3.05, 3.63) is 157 Å². The number of nitrogens with zero attached hydrogens (tertiary/aromatic N) is 2. The lowest BCUT2D eigenvalue weighted by Crippen LogP contribution is -2.16. The molecule has 8 aromatic rings. The van der Waals surface area contributed by atoms with E-state index >= 15 is 0 Å². The average molecular weight is 575 g/mol. The Hall–Kier alpha value is -5.60. The fourth-order valence-electron chi connectivity index (χ4n) is 7.77. The molecule has 0 atom stereocenters. The summed E-state index contributed by atoms with van der Waals surface area (Å²) < 4.78 is 0. The Morgan fingerprint density at radius 3 is 1.91 bits per heavy atom. The van der Waals surface area contributed by atoms with Gasteiger partial charge in [-0.25, -0.2) is 4.98 Å². The molecule has 0 amide bonds. The van der Waals surface area contributed by atoms with E-state index < -0.39 is 0 Å². The van der Waals surface area contributed by atoms with Crippen LogP contribution < -0.4 is 0 Å². The van der Waals surface area contributed by atoms with Crippen LogP contribution in [0.5, 0.6) is 0 Å². The summed E-state index contributed by atoms with van der Waals surface area (Å²) in [5.74, 6) is 0. The number of hydrogen-bond acceptors (Lipinski definition) is 2. The third-order valence-electron chi connectivity index (χ3n) is 9.66. The lowest BCUT2D eigenvalue weighted by molar-refractivity contribution is 0.672. The fraction of sp³-hybridized carbons (Fsp3) is 0.0698. The molecule has 2 heterocycles. The summed E-state index contributed by atoms with van der Waals surface area (Å²) in [7, 11) is 0. The van der Waals surface area contributed by atoms with Crippen LogP contribution in [-0.2, 0) is 5.41 Å². The predicted molar refractivity (Wildman–Crippen MR) is 188 cm³/mol. The first-order valence-electron chi connectivity index (χ1n) is 15.6. The minimum absolute atomic E-state index is 0.150. The molecule has 0 radical (unpaired) electrons. The molecule has 2 heteroatoms. The van der Waals surface area contributed by atoms with Gasteiger partial charge in [0.1, 0.15) is 0 Å². The zero-order chi connectivity index (χ0) is 30.1. The van der Waals surface area contributed by atoms with Crippen molar-refractivity contribution in [2.45, 2.75) is 19.3 Å². The van der Waals surface area contributed by atoms with E-state index in [0.717, 1.165) is 22.6 Å². The first kappa shape index (κ1) is 25.9. The monoisotopic (exact) mass is 574 g/mol. The van der Waals surface area contributed by atoms with Gasteiger partial charge in [0.05, 0.1) is 17.1 Å². The van der Waals surface area contributed by atoms with Gasteiger partial charge in [-0.2, -0.15) is 0 Å². The van der Waals surface area contributed by atoms with Gasteiger partial charge < -0.3 is 0 Å². The molecule has 2 nitrogen and oxygen atoms in total. The van der Waals surface area contributed by atoms with Gasteiger partial charge in [-0.3, -0.25) is 4.98 Å². The maximum absolute atomic E-state index is 5.04. The standard InChI is InChI=1S/C43H30N2/c1-43(2)41-30-23-21-27(29-12-3-6-15-33(29)37-19-11-20-39(45-37)38-18-9-10-25-44-38)26-28(30)22-24-36(41)40-34-16-7-4-13-31(34)32-14-5-8-17-35(32)42(40)43/h3-26H,1-2H3. The minimum atomic E-state index is -0.150. The van der Waals surface area contributed by atoms with E-state index in [1.165, 1.54) is 65.7 Å². The Kier molecular flexibility index (Phi) is 5.58. The Balaban J connectivity index is 1.22. The molecule has 2 aromatic heterocycles. The summed E-state index contributed by atoms with van der Waals surface area (Å²) in [6.07, 6.45) is 1.81. The summed E-state index contributed by atoms with van der Waals surface area (Å²) in [6.45, 7) is 4.81. The smallest absolute Gasteiger partial charge is 0.0893 e. The van der Waals surface area contributed by atoms with Crippen molar-refractivity contribution in [2.24, 2.45) is 0 Å². The van der Waals surface area contributed by atoms with Gasteiger partial charge in [-0.05, 0) is 96.0 Å². The van der Waals surface area contributed by atoms with Crippen LogP contribution in [0.2, 0.25) is 0 Å². The lowest BCUT2D eigenvalue weighted by Gasteiger charge is -2.25. The summed E-state index contributed by atoms with van der Waals surface area (Å²) in [6, 6.07) is 50.2. The topological polar surface area (TPSA) is 25.8 Å². The molecule has 0 unspecified atom stereocenters. The van der Waals surface area contributed by atoms with E-state index in [-0.39, 0.29) is 5.41 Å². The highest BCUT2D eigenvalue weighted by Gasteiger charge is 2.39. The van der Waals surface area contributed by atoms with Crippen LogP contribution in [0.15, 0.2) is 146 Å². The van der Waals surface area contributed by atoms with Gasteiger partial charge in [-0.1, -0.05) is 123 Å². The maximum atomic E-state index is 5.04. The third-order valence-corrected chi connectivity index (χ3v) is 9.66. The van der Waals surface area contributed by atoms with Crippen LogP contribution in [0.25, 0.3) is 77.2 Å². The van der Waals surface area contributed by atoms with Crippen molar-refractivity contribution in [1.82, 2.24) is 9.97 Å². The number of pyridine rings is 2. The normalized spacial score (nSPS) is 13.3. The Morgan fingerprint density at radius 2 is 1.11 bits per heavy atom. The summed E-state index contributed by atoms with van der Waals surface area (Å²) in [5.41, 5.74) is 11.6. The van der Waals surface area contributed by atoms with Gasteiger partial charge in [0, 0.05) is 17.2 Å². The van der Waals surface area contributed by atoms with Crippen LogP contribution in [0, 0.1) is 0 Å². The van der Waals surface area contributed by atoms with Crippen molar-refractivity contribution >= 4 is 32.3 Å². The second-order valence-electron chi connectivity index (χ2n) is 12.6. The molecule has 1 aliphatic carbocycles. The first-order chi connectivity index (χ1) is 22.1. The van der Waals surface area contributed by atoms with Gasteiger partial charge in [0.15, 0.2) is 0 Å². The lowest BCUT2D eigenvalue weighted by atomic mass is 9.77. The van der Waals surface area contributed by atoms with Crippen LogP contribution >= 0.6 is 0 Å². The molecule has 6 aromatic carbocycles. The zero-order valence-electron chi connectivity index (χ0n) is 25.3.